The first-order valence-electron chi connectivity index (χ1n) is 12.2. The van der Waals surface area contributed by atoms with Crippen LogP contribution in [0.3, 0.4) is 0 Å². The zero-order valence-electron chi connectivity index (χ0n) is 19.2. The quantitative estimate of drug-likeness (QED) is 0.626. The molecule has 4 heterocycles. The standard InChI is InChI=1S/C25H33N7O/c33-25(22-10-14-31(15-11-22)24-9-8-23-28-27-19-32(23)29-24)26-17-20-6-5-7-21(16-20)18-30-12-3-1-2-4-13-30/h5-9,16,19,22H,1-4,10-15,17-18H2,(H,26,33). The summed E-state index contributed by atoms with van der Waals surface area (Å²) in [5, 5.41) is 15.6. The number of amides is 1. The van der Waals surface area contributed by atoms with Gasteiger partial charge in [0.25, 0.3) is 0 Å². The Bertz CT molecular complexity index is 1070. The Morgan fingerprint density at radius 3 is 2.58 bits per heavy atom. The lowest BCUT2D eigenvalue weighted by molar-refractivity contribution is -0.125. The number of aromatic nitrogens is 4. The Morgan fingerprint density at radius 1 is 0.970 bits per heavy atom. The van der Waals surface area contributed by atoms with E-state index in [1.54, 1.807) is 10.8 Å². The van der Waals surface area contributed by atoms with Crippen molar-refractivity contribution in [2.75, 3.05) is 31.1 Å². The Labute approximate surface area is 195 Å². The molecule has 0 spiro atoms. The third-order valence-corrected chi connectivity index (χ3v) is 6.90. The maximum Gasteiger partial charge on any atom is 0.223 e. The van der Waals surface area contributed by atoms with Gasteiger partial charge in [-0.05, 0) is 62.0 Å². The highest BCUT2D eigenvalue weighted by Gasteiger charge is 2.25. The van der Waals surface area contributed by atoms with E-state index in [-0.39, 0.29) is 11.8 Å². The van der Waals surface area contributed by atoms with Crippen molar-refractivity contribution in [3.05, 3.63) is 53.9 Å². The Balaban J connectivity index is 1.10. The fourth-order valence-electron chi connectivity index (χ4n) is 4.98. The van der Waals surface area contributed by atoms with Crippen molar-refractivity contribution in [3.8, 4) is 0 Å². The van der Waals surface area contributed by atoms with Crippen molar-refractivity contribution in [1.82, 2.24) is 30.0 Å². The van der Waals surface area contributed by atoms with Crippen molar-refractivity contribution < 1.29 is 4.79 Å². The van der Waals surface area contributed by atoms with Crippen LogP contribution in [0.1, 0.15) is 49.7 Å². The molecule has 0 aliphatic carbocycles. The van der Waals surface area contributed by atoms with Gasteiger partial charge >= 0.3 is 0 Å². The van der Waals surface area contributed by atoms with Gasteiger partial charge < -0.3 is 10.2 Å². The molecule has 0 atom stereocenters. The van der Waals surface area contributed by atoms with E-state index in [1.807, 2.05) is 12.1 Å². The average Bonchev–Trinajstić information content (AvgIpc) is 3.18. The number of nitrogens with zero attached hydrogens (tertiary/aromatic N) is 6. The van der Waals surface area contributed by atoms with Gasteiger partial charge in [0.15, 0.2) is 5.65 Å². The second-order valence-electron chi connectivity index (χ2n) is 9.31. The number of carbonyl (C=O) groups excluding carboxylic acids is 1. The molecule has 2 saturated heterocycles. The van der Waals surface area contributed by atoms with Crippen molar-refractivity contribution in [2.45, 2.75) is 51.6 Å². The van der Waals surface area contributed by atoms with E-state index >= 15 is 0 Å². The van der Waals surface area contributed by atoms with E-state index < -0.39 is 0 Å². The molecule has 2 aliphatic heterocycles. The molecule has 5 rings (SSSR count). The second kappa shape index (κ2) is 10.3. The molecule has 0 radical (unpaired) electrons. The van der Waals surface area contributed by atoms with Gasteiger partial charge in [0.1, 0.15) is 12.1 Å². The second-order valence-corrected chi connectivity index (χ2v) is 9.31. The predicted octanol–water partition coefficient (Wildman–Crippen LogP) is 3.03. The first-order valence-corrected chi connectivity index (χ1v) is 12.2. The van der Waals surface area contributed by atoms with Crippen LogP contribution in [0.25, 0.3) is 5.65 Å². The predicted molar refractivity (Wildman–Crippen MR) is 128 cm³/mol. The lowest BCUT2D eigenvalue weighted by atomic mass is 9.95. The van der Waals surface area contributed by atoms with Gasteiger partial charge in [-0.15, -0.1) is 15.3 Å². The summed E-state index contributed by atoms with van der Waals surface area (Å²) >= 11 is 0. The molecule has 3 aromatic rings. The molecule has 8 nitrogen and oxygen atoms in total. The highest BCUT2D eigenvalue weighted by Crippen LogP contribution is 2.22. The zero-order chi connectivity index (χ0) is 22.5. The van der Waals surface area contributed by atoms with Crippen LogP contribution in [0.4, 0.5) is 5.82 Å². The fourth-order valence-corrected chi connectivity index (χ4v) is 4.98. The average molecular weight is 448 g/mol. The lowest BCUT2D eigenvalue weighted by Gasteiger charge is -2.32. The maximum atomic E-state index is 12.8. The lowest BCUT2D eigenvalue weighted by Crippen LogP contribution is -2.40. The first-order chi connectivity index (χ1) is 16.2. The number of nitrogens with one attached hydrogen (secondary N) is 1. The summed E-state index contributed by atoms with van der Waals surface area (Å²) in [6, 6.07) is 12.6. The molecular weight excluding hydrogens is 414 g/mol. The molecule has 1 N–H and O–H groups in total. The number of hydrogen-bond acceptors (Lipinski definition) is 6. The van der Waals surface area contributed by atoms with Crippen LogP contribution < -0.4 is 10.2 Å². The number of anilines is 1. The molecule has 1 aromatic carbocycles. The molecule has 0 bridgehead atoms. The van der Waals surface area contributed by atoms with Gasteiger partial charge in [0.2, 0.25) is 5.91 Å². The molecule has 8 heteroatoms. The topological polar surface area (TPSA) is 78.7 Å². The summed E-state index contributed by atoms with van der Waals surface area (Å²) in [4.78, 5) is 17.6. The highest BCUT2D eigenvalue weighted by molar-refractivity contribution is 5.79. The van der Waals surface area contributed by atoms with E-state index in [0.29, 0.717) is 6.54 Å². The minimum Gasteiger partial charge on any atom is -0.355 e. The van der Waals surface area contributed by atoms with Crippen LogP contribution in [-0.2, 0) is 17.9 Å². The van der Waals surface area contributed by atoms with Crippen LogP contribution in [0.15, 0.2) is 42.7 Å². The van der Waals surface area contributed by atoms with Crippen molar-refractivity contribution in [1.29, 1.82) is 0 Å². The molecular formula is C25H33N7O. The van der Waals surface area contributed by atoms with Crippen LogP contribution in [-0.4, -0.2) is 56.8 Å². The van der Waals surface area contributed by atoms with Gasteiger partial charge in [-0.1, -0.05) is 37.1 Å². The molecule has 2 aliphatic rings. The van der Waals surface area contributed by atoms with E-state index in [2.05, 4.69) is 54.7 Å². The minimum atomic E-state index is 0.0557. The molecule has 2 fully saturated rings. The SMILES string of the molecule is O=C(NCc1cccc(CN2CCCCCC2)c1)C1CCN(c2ccc3nncn3n2)CC1. The summed E-state index contributed by atoms with van der Waals surface area (Å²) in [5.41, 5.74) is 3.26. The van der Waals surface area contributed by atoms with Crippen molar-refractivity contribution in [3.63, 3.8) is 0 Å². The molecule has 2 aromatic heterocycles. The monoisotopic (exact) mass is 447 g/mol. The third-order valence-electron chi connectivity index (χ3n) is 6.90. The smallest absolute Gasteiger partial charge is 0.223 e. The van der Waals surface area contributed by atoms with Gasteiger partial charge in [-0.3, -0.25) is 9.69 Å². The third kappa shape index (κ3) is 5.50. The van der Waals surface area contributed by atoms with Crippen LogP contribution in [0.5, 0.6) is 0 Å². The summed E-state index contributed by atoms with van der Waals surface area (Å²) in [5.74, 6) is 1.12. The summed E-state index contributed by atoms with van der Waals surface area (Å²) in [7, 11) is 0. The van der Waals surface area contributed by atoms with E-state index in [9.17, 15) is 4.79 Å². The Morgan fingerprint density at radius 2 is 1.76 bits per heavy atom. The number of rotatable bonds is 6. The number of fused-ring (bicyclic) bond motifs is 1. The summed E-state index contributed by atoms with van der Waals surface area (Å²) < 4.78 is 1.69. The molecule has 33 heavy (non-hydrogen) atoms. The molecule has 1 amide bonds. The summed E-state index contributed by atoms with van der Waals surface area (Å²) in [6.07, 6.45) is 8.61. The Hall–Kier alpha value is -3.00. The van der Waals surface area contributed by atoms with Gasteiger partial charge in [0.05, 0.1) is 0 Å². The van der Waals surface area contributed by atoms with Crippen molar-refractivity contribution >= 4 is 17.4 Å². The first kappa shape index (κ1) is 21.8. The number of carbonyl (C=O) groups is 1. The van der Waals surface area contributed by atoms with E-state index in [0.717, 1.165) is 43.9 Å². The fraction of sp³-hybridized carbons (Fsp3) is 0.520. The zero-order valence-corrected chi connectivity index (χ0v) is 19.2. The summed E-state index contributed by atoms with van der Waals surface area (Å²) in [6.45, 7) is 5.65. The van der Waals surface area contributed by atoms with Crippen LogP contribution >= 0.6 is 0 Å². The number of benzene rings is 1. The maximum absolute atomic E-state index is 12.8. The Kier molecular flexibility index (Phi) is 6.81. The number of piperidine rings is 1. The van der Waals surface area contributed by atoms with Crippen LogP contribution in [0, 0.1) is 5.92 Å². The van der Waals surface area contributed by atoms with Crippen molar-refractivity contribution in [2.24, 2.45) is 5.92 Å². The van der Waals surface area contributed by atoms with E-state index in [4.69, 9.17) is 0 Å². The molecule has 0 unspecified atom stereocenters. The van der Waals surface area contributed by atoms with Gasteiger partial charge in [-0.2, -0.15) is 4.52 Å². The van der Waals surface area contributed by atoms with Crippen LogP contribution in [0.2, 0.25) is 0 Å². The highest BCUT2D eigenvalue weighted by atomic mass is 16.1. The normalized spacial score (nSPS) is 18.4. The molecule has 0 saturated carbocycles. The largest absolute Gasteiger partial charge is 0.355 e. The molecule has 174 valence electrons. The minimum absolute atomic E-state index is 0.0557. The number of hydrogen-bond donors (Lipinski definition) is 1. The van der Waals surface area contributed by atoms with E-state index in [1.165, 1.54) is 49.9 Å². The van der Waals surface area contributed by atoms with Gasteiger partial charge in [0, 0.05) is 32.1 Å². The van der Waals surface area contributed by atoms with Gasteiger partial charge in [-0.25, -0.2) is 0 Å². The number of likely N-dealkylation sites (tertiary alicyclic amines) is 1.